The molecule has 17 heavy (non-hydrogen) atoms. The number of hydrogen-bond acceptors (Lipinski definition) is 4. The van der Waals surface area contributed by atoms with Crippen LogP contribution in [0.1, 0.15) is 5.56 Å². The molecule has 0 aliphatic rings. The fourth-order valence-corrected chi connectivity index (χ4v) is 1.40. The molecule has 0 aliphatic carbocycles. The van der Waals surface area contributed by atoms with Crippen molar-refractivity contribution in [2.24, 2.45) is 0 Å². The molecular weight excluding hydrogens is 222 g/mol. The summed E-state index contributed by atoms with van der Waals surface area (Å²) in [7, 11) is 4.27. The first-order valence-corrected chi connectivity index (χ1v) is 5.05. The number of methoxy groups -OCH3 is 2. The van der Waals surface area contributed by atoms with Crippen molar-refractivity contribution in [3.63, 3.8) is 0 Å². The minimum absolute atomic E-state index is 0.290. The number of nitrogens with zero attached hydrogens (tertiary/aromatic N) is 1. The largest absolute Gasteiger partial charge is 0.496 e. The molecule has 0 fully saturated rings. The summed E-state index contributed by atoms with van der Waals surface area (Å²) < 4.78 is 9.52. The number of rotatable bonds is 3. The van der Waals surface area contributed by atoms with Gasteiger partial charge in [-0.1, -0.05) is 18.2 Å². The Morgan fingerprint density at radius 3 is 2.47 bits per heavy atom. The van der Waals surface area contributed by atoms with Gasteiger partial charge in [-0.25, -0.2) is 4.79 Å². The number of carbonyl (C=O) groups excluding carboxylic acids is 2. The standard InChI is InChI=1S/C12H15NO4/c1-13(11(14)12(15)17-3)8-9-6-4-5-7-10(9)16-2/h4-7H,8H2,1-3H3. The van der Waals surface area contributed by atoms with Crippen LogP contribution in [-0.2, 0) is 20.9 Å². The van der Waals surface area contributed by atoms with Crippen molar-refractivity contribution in [3.05, 3.63) is 29.8 Å². The molecular formula is C12H15NO4. The second kappa shape index (κ2) is 5.89. The molecule has 0 unspecified atom stereocenters. The van der Waals surface area contributed by atoms with Gasteiger partial charge in [-0.2, -0.15) is 0 Å². The maximum atomic E-state index is 11.5. The van der Waals surface area contributed by atoms with Gasteiger partial charge in [-0.05, 0) is 6.07 Å². The Bertz CT molecular complexity index is 417. The van der Waals surface area contributed by atoms with Gasteiger partial charge in [0, 0.05) is 19.2 Å². The molecule has 0 saturated heterocycles. The van der Waals surface area contributed by atoms with E-state index in [1.807, 2.05) is 18.2 Å². The van der Waals surface area contributed by atoms with Gasteiger partial charge in [0.25, 0.3) is 0 Å². The number of ether oxygens (including phenoxy) is 2. The van der Waals surface area contributed by atoms with E-state index >= 15 is 0 Å². The fourth-order valence-electron chi connectivity index (χ4n) is 1.40. The zero-order valence-electron chi connectivity index (χ0n) is 10.1. The summed E-state index contributed by atoms with van der Waals surface area (Å²) in [5.74, 6) is -0.877. The van der Waals surface area contributed by atoms with E-state index in [0.29, 0.717) is 5.75 Å². The quantitative estimate of drug-likeness (QED) is 0.577. The average Bonchev–Trinajstić information content (AvgIpc) is 2.37. The predicted molar refractivity (Wildman–Crippen MR) is 61.5 cm³/mol. The Kier molecular flexibility index (Phi) is 4.51. The van der Waals surface area contributed by atoms with E-state index < -0.39 is 11.9 Å². The minimum Gasteiger partial charge on any atom is -0.496 e. The molecule has 0 aliphatic heterocycles. The first kappa shape index (κ1) is 13.0. The van der Waals surface area contributed by atoms with Crippen molar-refractivity contribution in [3.8, 4) is 5.75 Å². The number of para-hydroxylation sites is 1. The van der Waals surface area contributed by atoms with E-state index in [4.69, 9.17) is 4.74 Å². The Balaban J connectivity index is 2.77. The van der Waals surface area contributed by atoms with Crippen molar-refractivity contribution in [2.75, 3.05) is 21.3 Å². The number of esters is 1. The van der Waals surface area contributed by atoms with E-state index in [0.717, 1.165) is 5.56 Å². The van der Waals surface area contributed by atoms with Crippen molar-refractivity contribution >= 4 is 11.9 Å². The van der Waals surface area contributed by atoms with Crippen LogP contribution in [-0.4, -0.2) is 38.0 Å². The zero-order valence-corrected chi connectivity index (χ0v) is 10.1. The molecule has 0 bridgehead atoms. The van der Waals surface area contributed by atoms with Gasteiger partial charge in [0.2, 0.25) is 0 Å². The Morgan fingerprint density at radius 1 is 1.24 bits per heavy atom. The van der Waals surface area contributed by atoms with Gasteiger partial charge in [-0.3, -0.25) is 4.79 Å². The summed E-state index contributed by atoms with van der Waals surface area (Å²) in [5, 5.41) is 0. The SMILES string of the molecule is COC(=O)C(=O)N(C)Cc1ccccc1OC. The molecule has 0 N–H and O–H groups in total. The summed E-state index contributed by atoms with van der Waals surface area (Å²) in [4.78, 5) is 23.8. The van der Waals surface area contributed by atoms with Crippen LogP contribution >= 0.6 is 0 Å². The monoisotopic (exact) mass is 237 g/mol. The molecule has 0 aromatic heterocycles. The maximum absolute atomic E-state index is 11.5. The van der Waals surface area contributed by atoms with Gasteiger partial charge >= 0.3 is 11.9 Å². The van der Waals surface area contributed by atoms with Gasteiger partial charge in [0.1, 0.15) is 5.75 Å². The summed E-state index contributed by atoms with van der Waals surface area (Å²) in [6.07, 6.45) is 0. The third kappa shape index (κ3) is 3.21. The third-order valence-electron chi connectivity index (χ3n) is 2.31. The topological polar surface area (TPSA) is 55.8 Å². The highest BCUT2D eigenvalue weighted by Gasteiger charge is 2.19. The number of benzene rings is 1. The number of likely N-dealkylation sites (N-methyl/N-ethyl adjacent to an activating group) is 1. The highest BCUT2D eigenvalue weighted by Crippen LogP contribution is 2.18. The molecule has 5 nitrogen and oxygen atoms in total. The molecule has 1 amide bonds. The maximum Gasteiger partial charge on any atom is 0.396 e. The van der Waals surface area contributed by atoms with E-state index in [-0.39, 0.29) is 6.54 Å². The van der Waals surface area contributed by atoms with Crippen LogP contribution in [0.4, 0.5) is 0 Å². The third-order valence-corrected chi connectivity index (χ3v) is 2.31. The van der Waals surface area contributed by atoms with Crippen molar-refractivity contribution in [1.82, 2.24) is 4.90 Å². The summed E-state index contributed by atoms with van der Waals surface area (Å²) in [6.45, 7) is 0.290. The Hall–Kier alpha value is -2.04. The molecule has 0 radical (unpaired) electrons. The summed E-state index contributed by atoms with van der Waals surface area (Å²) in [5.41, 5.74) is 0.828. The van der Waals surface area contributed by atoms with Gasteiger partial charge in [0.05, 0.1) is 14.2 Å². The van der Waals surface area contributed by atoms with Crippen molar-refractivity contribution in [1.29, 1.82) is 0 Å². The smallest absolute Gasteiger partial charge is 0.396 e. The van der Waals surface area contributed by atoms with Gasteiger partial charge in [-0.15, -0.1) is 0 Å². The average molecular weight is 237 g/mol. The molecule has 0 saturated carbocycles. The van der Waals surface area contributed by atoms with Crippen LogP contribution in [0.2, 0.25) is 0 Å². The lowest BCUT2D eigenvalue weighted by molar-refractivity contribution is -0.157. The summed E-state index contributed by atoms with van der Waals surface area (Å²) >= 11 is 0. The van der Waals surface area contributed by atoms with E-state index in [9.17, 15) is 9.59 Å². The van der Waals surface area contributed by atoms with Crippen LogP contribution < -0.4 is 4.74 Å². The highest BCUT2D eigenvalue weighted by atomic mass is 16.5. The molecule has 0 heterocycles. The normalized spacial score (nSPS) is 9.59. The number of carbonyl (C=O) groups is 2. The summed E-state index contributed by atoms with van der Waals surface area (Å²) in [6, 6.07) is 7.31. The van der Waals surface area contributed by atoms with E-state index in [1.165, 1.54) is 19.1 Å². The molecule has 0 atom stereocenters. The number of hydrogen-bond donors (Lipinski definition) is 0. The predicted octanol–water partition coefficient (Wildman–Crippen LogP) is 0.827. The molecule has 1 aromatic carbocycles. The van der Waals surface area contributed by atoms with Crippen molar-refractivity contribution < 1.29 is 19.1 Å². The first-order valence-electron chi connectivity index (χ1n) is 5.05. The van der Waals surface area contributed by atoms with Crippen LogP contribution in [0.3, 0.4) is 0 Å². The van der Waals surface area contributed by atoms with E-state index in [1.54, 1.807) is 13.2 Å². The molecule has 92 valence electrons. The Morgan fingerprint density at radius 2 is 1.88 bits per heavy atom. The fraction of sp³-hybridized carbons (Fsp3) is 0.333. The van der Waals surface area contributed by atoms with E-state index in [2.05, 4.69) is 4.74 Å². The molecule has 5 heteroatoms. The number of amides is 1. The second-order valence-electron chi connectivity index (χ2n) is 3.46. The lowest BCUT2D eigenvalue weighted by atomic mass is 10.2. The first-order chi connectivity index (χ1) is 8.10. The molecule has 1 rings (SSSR count). The second-order valence-corrected chi connectivity index (χ2v) is 3.46. The van der Waals surface area contributed by atoms with Crippen LogP contribution in [0.25, 0.3) is 0 Å². The van der Waals surface area contributed by atoms with Crippen LogP contribution in [0.5, 0.6) is 5.75 Å². The lowest BCUT2D eigenvalue weighted by Gasteiger charge is -2.17. The highest BCUT2D eigenvalue weighted by molar-refractivity contribution is 6.32. The Labute approximate surface area is 99.9 Å². The minimum atomic E-state index is -0.873. The van der Waals surface area contributed by atoms with Gasteiger partial charge in [0.15, 0.2) is 0 Å². The van der Waals surface area contributed by atoms with Crippen LogP contribution in [0, 0.1) is 0 Å². The van der Waals surface area contributed by atoms with Crippen LogP contribution in [0.15, 0.2) is 24.3 Å². The molecule has 0 spiro atoms. The lowest BCUT2D eigenvalue weighted by Crippen LogP contribution is -2.33. The molecule has 1 aromatic rings. The van der Waals surface area contributed by atoms with Gasteiger partial charge < -0.3 is 14.4 Å². The van der Waals surface area contributed by atoms with Crippen molar-refractivity contribution in [2.45, 2.75) is 6.54 Å². The zero-order chi connectivity index (χ0) is 12.8.